The monoisotopic (exact) mass is 304 g/mol. The van der Waals surface area contributed by atoms with E-state index < -0.39 is 5.60 Å². The third-order valence-electron chi connectivity index (χ3n) is 3.88. The molecule has 2 atom stereocenters. The van der Waals surface area contributed by atoms with E-state index in [0.29, 0.717) is 0 Å². The van der Waals surface area contributed by atoms with Crippen molar-refractivity contribution in [2.45, 2.75) is 51.5 Å². The van der Waals surface area contributed by atoms with Crippen molar-refractivity contribution in [1.29, 1.82) is 0 Å². The first kappa shape index (κ1) is 15.3. The largest absolute Gasteiger partial charge is 0.442 e. The van der Waals surface area contributed by atoms with Gasteiger partial charge in [-0.05, 0) is 26.3 Å². The molecule has 5 nitrogen and oxygen atoms in total. The molecule has 0 aromatic heterocycles. The van der Waals surface area contributed by atoms with Crippen molar-refractivity contribution in [2.24, 2.45) is 0 Å². The number of rotatable bonds is 2. The Morgan fingerprint density at radius 3 is 2.68 bits per heavy atom. The van der Waals surface area contributed by atoms with Crippen LogP contribution >= 0.6 is 0 Å². The predicted molar refractivity (Wildman–Crippen MR) is 83.1 cm³/mol. The number of hydrogen-bond donors (Lipinski definition) is 0. The molecule has 2 fully saturated rings. The Morgan fingerprint density at radius 1 is 1.27 bits per heavy atom. The molecule has 120 valence electrons. The van der Waals surface area contributed by atoms with E-state index in [9.17, 15) is 4.79 Å². The van der Waals surface area contributed by atoms with Crippen LogP contribution in [0.4, 0.5) is 4.79 Å². The molecule has 1 aromatic rings. The van der Waals surface area contributed by atoms with Crippen molar-refractivity contribution >= 4 is 6.09 Å². The molecule has 0 aliphatic carbocycles. The highest BCUT2D eigenvalue weighted by Gasteiger charge is 2.44. The summed E-state index contributed by atoms with van der Waals surface area (Å²) < 4.78 is 5.43. The van der Waals surface area contributed by atoms with E-state index in [1.165, 1.54) is 10.6 Å². The smallest absolute Gasteiger partial charge is 0.434 e. The summed E-state index contributed by atoms with van der Waals surface area (Å²) in [5, 5.41) is 1.45. The first-order valence-electron chi connectivity index (χ1n) is 7.86. The van der Waals surface area contributed by atoms with Gasteiger partial charge < -0.3 is 4.74 Å². The minimum atomic E-state index is -0.499. The van der Waals surface area contributed by atoms with Crippen molar-refractivity contribution in [1.82, 2.24) is 9.96 Å². The first-order valence-corrected chi connectivity index (χ1v) is 7.86. The Kier molecular flexibility index (Phi) is 4.10. The molecule has 5 heteroatoms. The molecule has 0 N–H and O–H groups in total. The van der Waals surface area contributed by atoms with Gasteiger partial charge in [0.25, 0.3) is 0 Å². The molecule has 2 aliphatic heterocycles. The van der Waals surface area contributed by atoms with Crippen LogP contribution in [0.3, 0.4) is 0 Å². The van der Waals surface area contributed by atoms with Crippen LogP contribution in [0, 0.1) is 0 Å². The summed E-state index contributed by atoms with van der Waals surface area (Å²) in [5.41, 5.74) is 0.786. The summed E-state index contributed by atoms with van der Waals surface area (Å²) >= 11 is 0. The van der Waals surface area contributed by atoms with Gasteiger partial charge >= 0.3 is 6.09 Å². The quantitative estimate of drug-likeness (QED) is 0.842. The van der Waals surface area contributed by atoms with Crippen molar-refractivity contribution in [3.8, 4) is 0 Å². The Balaban J connectivity index is 1.61. The van der Waals surface area contributed by atoms with E-state index in [1.807, 2.05) is 26.8 Å². The Labute approximate surface area is 131 Å². The topological polar surface area (TPSA) is 42.0 Å². The van der Waals surface area contributed by atoms with Crippen LogP contribution in [0.2, 0.25) is 0 Å². The van der Waals surface area contributed by atoms with Crippen LogP contribution in [-0.2, 0) is 16.1 Å². The van der Waals surface area contributed by atoms with Crippen molar-refractivity contribution < 1.29 is 14.4 Å². The van der Waals surface area contributed by atoms with Gasteiger partial charge in [-0.25, -0.2) is 4.79 Å². The van der Waals surface area contributed by atoms with E-state index in [2.05, 4.69) is 29.2 Å². The summed E-state index contributed by atoms with van der Waals surface area (Å²) in [7, 11) is 0. The molecular formula is C17H24N2O3. The summed E-state index contributed by atoms with van der Waals surface area (Å²) in [6.45, 7) is 8.17. The second-order valence-corrected chi connectivity index (χ2v) is 7.10. The number of piperidine rings is 1. The van der Waals surface area contributed by atoms with Crippen molar-refractivity contribution in [3.05, 3.63) is 35.9 Å². The van der Waals surface area contributed by atoms with Crippen LogP contribution in [0.15, 0.2) is 30.3 Å². The van der Waals surface area contributed by atoms with Crippen LogP contribution in [0.5, 0.6) is 0 Å². The summed E-state index contributed by atoms with van der Waals surface area (Å²) in [6.07, 6.45) is 0.599. The molecule has 1 amide bonds. The maximum Gasteiger partial charge on any atom is 0.434 e. The Morgan fingerprint density at radius 2 is 2.00 bits per heavy atom. The molecule has 1 aromatic carbocycles. The standard InChI is InChI=1S/C17H24N2O3/c1-17(2,3)21-16(20)19-14-9-15(22-19)12-18(11-14)10-13-7-5-4-6-8-13/h4-8,14-15H,9-12H2,1-3H3. The number of fused-ring (bicyclic) bond motifs is 2. The van der Waals surface area contributed by atoms with Gasteiger partial charge in [0.2, 0.25) is 0 Å². The van der Waals surface area contributed by atoms with E-state index in [-0.39, 0.29) is 18.2 Å². The van der Waals surface area contributed by atoms with Crippen molar-refractivity contribution in [3.63, 3.8) is 0 Å². The van der Waals surface area contributed by atoms with Gasteiger partial charge in [-0.2, -0.15) is 5.06 Å². The lowest BCUT2D eigenvalue weighted by Gasteiger charge is -2.30. The van der Waals surface area contributed by atoms with Gasteiger partial charge in [0, 0.05) is 26.1 Å². The minimum absolute atomic E-state index is 0.0787. The number of hydrogen-bond acceptors (Lipinski definition) is 4. The lowest BCUT2D eigenvalue weighted by atomic mass is 10.0. The number of nitrogens with zero attached hydrogens (tertiary/aromatic N) is 2. The highest BCUT2D eigenvalue weighted by molar-refractivity contribution is 5.67. The lowest BCUT2D eigenvalue weighted by Crippen LogP contribution is -2.45. The molecule has 2 aliphatic rings. The van der Waals surface area contributed by atoms with E-state index in [1.54, 1.807) is 0 Å². The van der Waals surface area contributed by atoms with Gasteiger partial charge in [-0.3, -0.25) is 9.74 Å². The normalized spacial score (nSPS) is 25.3. The third kappa shape index (κ3) is 3.59. The maximum absolute atomic E-state index is 12.2. The maximum atomic E-state index is 12.2. The zero-order chi connectivity index (χ0) is 15.7. The van der Waals surface area contributed by atoms with Gasteiger partial charge in [0.05, 0.1) is 6.04 Å². The first-order chi connectivity index (χ1) is 10.4. The van der Waals surface area contributed by atoms with Gasteiger partial charge in [-0.1, -0.05) is 30.3 Å². The summed E-state index contributed by atoms with van der Waals surface area (Å²) in [5.74, 6) is 0. The molecule has 2 bridgehead atoms. The molecule has 2 unspecified atom stereocenters. The van der Waals surface area contributed by atoms with Crippen LogP contribution in [-0.4, -0.2) is 46.9 Å². The van der Waals surface area contributed by atoms with E-state index in [0.717, 1.165) is 26.1 Å². The third-order valence-corrected chi connectivity index (χ3v) is 3.88. The zero-order valence-corrected chi connectivity index (χ0v) is 13.5. The van der Waals surface area contributed by atoms with Crippen LogP contribution in [0.1, 0.15) is 32.8 Å². The number of amides is 1. The Hall–Kier alpha value is -1.59. The van der Waals surface area contributed by atoms with E-state index >= 15 is 0 Å². The van der Waals surface area contributed by atoms with Crippen LogP contribution < -0.4 is 0 Å². The summed E-state index contributed by atoms with van der Waals surface area (Å²) in [6, 6.07) is 10.5. The zero-order valence-electron chi connectivity index (χ0n) is 13.5. The molecule has 3 rings (SSSR count). The van der Waals surface area contributed by atoms with Gasteiger partial charge in [0.1, 0.15) is 11.7 Å². The molecule has 2 saturated heterocycles. The van der Waals surface area contributed by atoms with Crippen molar-refractivity contribution in [2.75, 3.05) is 13.1 Å². The molecule has 0 radical (unpaired) electrons. The highest BCUT2D eigenvalue weighted by atomic mass is 16.7. The number of likely N-dealkylation sites (tertiary alicyclic amines) is 1. The fraction of sp³-hybridized carbons (Fsp3) is 0.588. The number of hydroxylamine groups is 2. The second kappa shape index (κ2) is 5.89. The number of carbonyl (C=O) groups is 1. The number of ether oxygens (including phenoxy) is 1. The second-order valence-electron chi connectivity index (χ2n) is 7.10. The highest BCUT2D eigenvalue weighted by Crippen LogP contribution is 2.29. The number of benzene rings is 1. The fourth-order valence-corrected chi connectivity index (χ4v) is 3.08. The average Bonchev–Trinajstić information content (AvgIpc) is 2.73. The van der Waals surface area contributed by atoms with Gasteiger partial charge in [0.15, 0.2) is 0 Å². The molecule has 0 spiro atoms. The average molecular weight is 304 g/mol. The van der Waals surface area contributed by atoms with E-state index in [4.69, 9.17) is 9.57 Å². The molecule has 2 heterocycles. The number of carbonyl (C=O) groups excluding carboxylic acids is 1. The summed E-state index contributed by atoms with van der Waals surface area (Å²) in [4.78, 5) is 20.4. The molecule has 0 saturated carbocycles. The Bertz CT molecular complexity index is 526. The predicted octanol–water partition coefficient (Wildman–Crippen LogP) is 2.81. The van der Waals surface area contributed by atoms with Gasteiger partial charge in [-0.15, -0.1) is 0 Å². The SMILES string of the molecule is CC(C)(C)OC(=O)N1OC2CC1CN(Cc1ccccc1)C2. The fourth-order valence-electron chi connectivity index (χ4n) is 3.08. The minimum Gasteiger partial charge on any atom is -0.442 e. The van der Waals surface area contributed by atoms with Crippen LogP contribution in [0.25, 0.3) is 0 Å². The lowest BCUT2D eigenvalue weighted by molar-refractivity contribution is -0.141. The molecular weight excluding hydrogens is 280 g/mol. The molecule has 22 heavy (non-hydrogen) atoms.